The maximum atomic E-state index is 12.9. The van der Waals surface area contributed by atoms with Crippen molar-refractivity contribution in [1.29, 1.82) is 0 Å². The lowest BCUT2D eigenvalue weighted by molar-refractivity contribution is -0.143. The molecule has 0 N–H and O–H groups in total. The van der Waals surface area contributed by atoms with Gasteiger partial charge in [-0.05, 0) is 74.9 Å². The Morgan fingerprint density at radius 1 is 1.00 bits per heavy atom. The minimum atomic E-state index is 0.163. The monoisotopic (exact) mass is 250 g/mol. The number of Topliss-reactive ketones (excluding diaryl/α,β-unsaturated/α-hetero) is 1. The molecule has 5 fully saturated rings. The first kappa shape index (κ1) is 10.9. The molecule has 1 saturated heterocycles. The van der Waals surface area contributed by atoms with Gasteiger partial charge < -0.3 is 0 Å². The van der Waals surface area contributed by atoms with Crippen LogP contribution in [0.25, 0.3) is 0 Å². The predicted octanol–water partition coefficient (Wildman–Crippen LogP) is 3.67. The minimum Gasteiger partial charge on any atom is -0.298 e. The van der Waals surface area contributed by atoms with E-state index in [-0.39, 0.29) is 5.41 Å². The van der Waals surface area contributed by atoms with E-state index in [9.17, 15) is 4.79 Å². The fourth-order valence-electron chi connectivity index (χ4n) is 5.54. The Morgan fingerprint density at radius 2 is 1.59 bits per heavy atom. The van der Waals surface area contributed by atoms with Gasteiger partial charge in [-0.1, -0.05) is 0 Å². The number of hydrogen-bond donors (Lipinski definition) is 0. The van der Waals surface area contributed by atoms with Crippen LogP contribution < -0.4 is 0 Å². The van der Waals surface area contributed by atoms with Gasteiger partial charge in [0.15, 0.2) is 5.78 Å². The molecule has 94 valence electrons. The molecule has 4 bridgehead atoms. The Morgan fingerprint density at radius 3 is 2.06 bits per heavy atom. The van der Waals surface area contributed by atoms with Gasteiger partial charge in [0, 0.05) is 5.41 Å². The highest BCUT2D eigenvalue weighted by molar-refractivity contribution is 8.00. The van der Waals surface area contributed by atoms with Crippen LogP contribution in [0.2, 0.25) is 0 Å². The SMILES string of the molecule is O=C(C1CCCS1)C12CC3CC(CC(C3)C1)C2. The lowest BCUT2D eigenvalue weighted by Gasteiger charge is -2.56. The molecule has 0 amide bonds. The zero-order valence-electron chi connectivity index (χ0n) is 10.5. The van der Waals surface area contributed by atoms with Crippen molar-refractivity contribution >= 4 is 17.5 Å². The molecule has 1 unspecified atom stereocenters. The van der Waals surface area contributed by atoms with Crippen molar-refractivity contribution in [3.8, 4) is 0 Å². The van der Waals surface area contributed by atoms with Crippen molar-refractivity contribution in [2.45, 2.75) is 56.6 Å². The average molecular weight is 250 g/mol. The predicted molar refractivity (Wildman–Crippen MR) is 71.1 cm³/mol. The molecule has 1 heterocycles. The first-order chi connectivity index (χ1) is 8.25. The van der Waals surface area contributed by atoms with Gasteiger partial charge in [-0.2, -0.15) is 11.8 Å². The average Bonchev–Trinajstić information content (AvgIpc) is 2.79. The molecular weight excluding hydrogens is 228 g/mol. The summed E-state index contributed by atoms with van der Waals surface area (Å²) in [5.41, 5.74) is 0.163. The Kier molecular flexibility index (Phi) is 2.41. The maximum Gasteiger partial charge on any atom is 0.151 e. The highest BCUT2D eigenvalue weighted by Gasteiger charge is 2.55. The lowest BCUT2D eigenvalue weighted by Crippen LogP contribution is -2.52. The van der Waals surface area contributed by atoms with Crippen LogP contribution in [0, 0.1) is 23.2 Å². The number of hydrogen-bond acceptors (Lipinski definition) is 2. The Hall–Kier alpha value is 0.0200. The molecular formula is C15H22OS. The third kappa shape index (κ3) is 1.63. The number of carbonyl (C=O) groups is 1. The summed E-state index contributed by atoms with van der Waals surface area (Å²) in [5, 5.41) is 0.381. The van der Waals surface area contributed by atoms with Gasteiger partial charge in [-0.3, -0.25) is 4.79 Å². The van der Waals surface area contributed by atoms with Crippen molar-refractivity contribution in [2.75, 3.05) is 5.75 Å². The van der Waals surface area contributed by atoms with Crippen LogP contribution in [0.3, 0.4) is 0 Å². The van der Waals surface area contributed by atoms with Crippen molar-refractivity contribution in [3.05, 3.63) is 0 Å². The third-order valence-corrected chi connectivity index (χ3v) is 7.16. The van der Waals surface area contributed by atoms with Crippen LogP contribution in [-0.4, -0.2) is 16.8 Å². The molecule has 4 aliphatic carbocycles. The van der Waals surface area contributed by atoms with E-state index in [4.69, 9.17) is 0 Å². The summed E-state index contributed by atoms with van der Waals surface area (Å²) in [7, 11) is 0. The van der Waals surface area contributed by atoms with Crippen LogP contribution in [0.4, 0.5) is 0 Å². The molecule has 0 radical (unpaired) electrons. The second kappa shape index (κ2) is 3.76. The molecule has 0 spiro atoms. The van der Waals surface area contributed by atoms with Crippen molar-refractivity contribution < 1.29 is 4.79 Å². The van der Waals surface area contributed by atoms with E-state index in [0.717, 1.165) is 17.8 Å². The molecule has 1 aliphatic heterocycles. The number of carbonyl (C=O) groups excluding carboxylic acids is 1. The maximum absolute atomic E-state index is 12.9. The van der Waals surface area contributed by atoms with E-state index in [1.54, 1.807) is 0 Å². The lowest BCUT2D eigenvalue weighted by atomic mass is 9.48. The molecule has 0 aromatic rings. The largest absolute Gasteiger partial charge is 0.298 e. The summed E-state index contributed by atoms with van der Waals surface area (Å²) in [4.78, 5) is 12.9. The second-order valence-electron chi connectivity index (χ2n) is 7.06. The van der Waals surface area contributed by atoms with Gasteiger partial charge in [-0.15, -0.1) is 0 Å². The molecule has 5 aliphatic rings. The van der Waals surface area contributed by atoms with E-state index >= 15 is 0 Å². The second-order valence-corrected chi connectivity index (χ2v) is 8.37. The molecule has 0 aromatic heterocycles. The van der Waals surface area contributed by atoms with Crippen LogP contribution >= 0.6 is 11.8 Å². The van der Waals surface area contributed by atoms with E-state index in [0.29, 0.717) is 11.0 Å². The Bertz CT molecular complexity index is 308. The summed E-state index contributed by atoms with van der Waals surface area (Å²) in [6.07, 6.45) is 10.6. The summed E-state index contributed by atoms with van der Waals surface area (Å²) in [6.45, 7) is 0. The highest BCUT2D eigenvalue weighted by atomic mass is 32.2. The summed E-state index contributed by atoms with van der Waals surface area (Å²) < 4.78 is 0. The summed E-state index contributed by atoms with van der Waals surface area (Å²) in [6, 6.07) is 0. The van der Waals surface area contributed by atoms with Crippen molar-refractivity contribution in [2.24, 2.45) is 23.2 Å². The molecule has 1 atom stereocenters. The van der Waals surface area contributed by atoms with Gasteiger partial charge in [0.05, 0.1) is 5.25 Å². The van der Waals surface area contributed by atoms with Crippen LogP contribution in [0.15, 0.2) is 0 Å². The normalized spacial score (nSPS) is 52.0. The van der Waals surface area contributed by atoms with Gasteiger partial charge in [0.1, 0.15) is 0 Å². The van der Waals surface area contributed by atoms with Crippen LogP contribution in [0.5, 0.6) is 0 Å². The van der Waals surface area contributed by atoms with E-state index in [2.05, 4.69) is 0 Å². The summed E-state index contributed by atoms with van der Waals surface area (Å²) >= 11 is 1.95. The molecule has 2 heteroatoms. The van der Waals surface area contributed by atoms with Crippen molar-refractivity contribution in [1.82, 2.24) is 0 Å². The fourth-order valence-corrected chi connectivity index (χ4v) is 6.89. The highest BCUT2D eigenvalue weighted by Crippen LogP contribution is 2.61. The Labute approximate surface area is 108 Å². The van der Waals surface area contributed by atoms with E-state index < -0.39 is 0 Å². The van der Waals surface area contributed by atoms with Crippen LogP contribution in [0.1, 0.15) is 51.4 Å². The number of ketones is 1. The molecule has 5 rings (SSSR count). The van der Waals surface area contributed by atoms with Crippen molar-refractivity contribution in [3.63, 3.8) is 0 Å². The zero-order chi connectivity index (χ0) is 11.5. The zero-order valence-corrected chi connectivity index (χ0v) is 11.3. The minimum absolute atomic E-state index is 0.163. The molecule has 1 nitrogen and oxygen atoms in total. The topological polar surface area (TPSA) is 17.1 Å². The number of rotatable bonds is 2. The molecule has 0 aromatic carbocycles. The Balaban J connectivity index is 1.61. The first-order valence-electron chi connectivity index (χ1n) is 7.41. The third-order valence-electron chi connectivity index (χ3n) is 5.78. The molecule has 17 heavy (non-hydrogen) atoms. The smallest absolute Gasteiger partial charge is 0.151 e. The van der Waals surface area contributed by atoms with Gasteiger partial charge in [0.2, 0.25) is 0 Å². The first-order valence-corrected chi connectivity index (χ1v) is 8.46. The van der Waals surface area contributed by atoms with Crippen LogP contribution in [-0.2, 0) is 4.79 Å². The van der Waals surface area contributed by atoms with E-state index in [1.165, 1.54) is 57.1 Å². The van der Waals surface area contributed by atoms with Gasteiger partial charge in [0.25, 0.3) is 0 Å². The summed E-state index contributed by atoms with van der Waals surface area (Å²) in [5.74, 6) is 4.65. The van der Waals surface area contributed by atoms with Gasteiger partial charge in [-0.25, -0.2) is 0 Å². The quantitative estimate of drug-likeness (QED) is 0.744. The van der Waals surface area contributed by atoms with Gasteiger partial charge >= 0.3 is 0 Å². The number of thioether (sulfide) groups is 1. The fraction of sp³-hybridized carbons (Fsp3) is 0.933. The molecule has 4 saturated carbocycles. The van der Waals surface area contributed by atoms with E-state index in [1.807, 2.05) is 11.8 Å². The standard InChI is InChI=1S/C15H22OS/c16-14(13-2-1-3-17-13)15-7-10-4-11(8-15)6-12(5-10)9-15/h10-13H,1-9H2.